The van der Waals surface area contributed by atoms with Crippen LogP contribution in [0.1, 0.15) is 100 Å². The third-order valence-corrected chi connectivity index (χ3v) is 12.3. The Bertz CT molecular complexity index is 2120. The molecule has 0 amide bonds. The lowest BCUT2D eigenvalue weighted by molar-refractivity contribution is -0.132. The SMILES string of the molecule is C#CCn1c(=O)c(Br)c(Br)c(=O)n1Cc1ccc(-n2nnc3c2CCCCCC3(F)C(=O)CCCOCCOCCOCCCC(=O)C2(F)CC#CCCCC2)cc1. The maximum atomic E-state index is 16.8. The van der Waals surface area contributed by atoms with Crippen molar-refractivity contribution in [1.82, 2.24) is 24.4 Å². The molecular formula is C42H49Br2F2N5O7. The van der Waals surface area contributed by atoms with E-state index in [9.17, 15) is 19.2 Å². The van der Waals surface area contributed by atoms with Crippen molar-refractivity contribution in [3.05, 3.63) is 70.9 Å². The molecule has 2 heterocycles. The van der Waals surface area contributed by atoms with Gasteiger partial charge in [-0.2, -0.15) is 0 Å². The number of hydrogen-bond acceptors (Lipinski definition) is 9. The molecule has 2 unspecified atom stereocenters. The summed E-state index contributed by atoms with van der Waals surface area (Å²) in [7, 11) is 0. The molecule has 1 aromatic carbocycles. The smallest absolute Gasteiger partial charge is 0.281 e. The Hall–Kier alpha value is -3.80. The number of nitrogens with zero attached hydrogens (tertiary/aromatic N) is 5. The van der Waals surface area contributed by atoms with Crippen molar-refractivity contribution in [2.24, 2.45) is 0 Å². The highest BCUT2D eigenvalue weighted by Gasteiger charge is 2.45. The number of Topliss-reactive ketones (excluding diaryl/α,β-unsaturated/α-hetero) is 2. The average Bonchev–Trinajstić information content (AvgIpc) is 3.63. The molecule has 3 aromatic rings. The molecule has 2 aromatic heterocycles. The Kier molecular flexibility index (Phi) is 17.2. The van der Waals surface area contributed by atoms with E-state index in [0.29, 0.717) is 82.1 Å². The highest BCUT2D eigenvalue weighted by Crippen LogP contribution is 2.38. The number of halogens is 4. The summed E-state index contributed by atoms with van der Waals surface area (Å²) in [5.41, 5.74) is -3.10. The molecule has 0 spiro atoms. The van der Waals surface area contributed by atoms with Gasteiger partial charge in [-0.25, -0.2) is 22.8 Å². The van der Waals surface area contributed by atoms with E-state index in [1.54, 1.807) is 28.9 Å². The van der Waals surface area contributed by atoms with E-state index in [1.165, 1.54) is 9.36 Å². The highest BCUT2D eigenvalue weighted by molar-refractivity contribution is 9.13. The molecule has 0 radical (unpaired) electrons. The first kappa shape index (κ1) is 45.3. The van der Waals surface area contributed by atoms with E-state index in [1.807, 2.05) is 0 Å². The second-order valence-corrected chi connectivity index (χ2v) is 16.1. The van der Waals surface area contributed by atoms with Crippen LogP contribution in [-0.4, -0.2) is 81.2 Å². The predicted octanol–water partition coefficient (Wildman–Crippen LogP) is 6.50. The topological polar surface area (TPSA) is 137 Å². The number of aromatic nitrogens is 5. The molecule has 0 saturated carbocycles. The summed E-state index contributed by atoms with van der Waals surface area (Å²) in [5, 5.41) is 8.52. The van der Waals surface area contributed by atoms with Gasteiger partial charge < -0.3 is 14.2 Å². The first-order valence-corrected chi connectivity index (χ1v) is 21.4. The second-order valence-electron chi connectivity index (χ2n) is 14.5. The zero-order valence-electron chi connectivity index (χ0n) is 32.5. The van der Waals surface area contributed by atoms with Crippen molar-refractivity contribution < 1.29 is 32.6 Å². The molecule has 0 saturated heterocycles. The van der Waals surface area contributed by atoms with Crippen LogP contribution in [0.2, 0.25) is 0 Å². The molecule has 0 N–H and O–H groups in total. The fourth-order valence-electron chi connectivity index (χ4n) is 7.09. The lowest BCUT2D eigenvalue weighted by Crippen LogP contribution is -2.39. The van der Waals surface area contributed by atoms with Crippen LogP contribution < -0.4 is 11.1 Å². The third kappa shape index (κ3) is 11.5. The fourth-order valence-corrected chi connectivity index (χ4v) is 7.84. The van der Waals surface area contributed by atoms with E-state index in [0.717, 1.165) is 25.7 Å². The summed E-state index contributed by atoms with van der Waals surface area (Å²) in [6.07, 6.45) is 11.4. The van der Waals surface area contributed by atoms with Crippen LogP contribution in [-0.2, 0) is 49.0 Å². The molecule has 2 aliphatic rings. The molecular weight excluding hydrogens is 884 g/mol. The number of ketones is 2. The Labute approximate surface area is 353 Å². The zero-order chi connectivity index (χ0) is 41.5. The lowest BCUT2D eigenvalue weighted by atomic mass is 9.84. The molecule has 312 valence electrons. The predicted molar refractivity (Wildman–Crippen MR) is 220 cm³/mol. The van der Waals surface area contributed by atoms with E-state index >= 15 is 8.78 Å². The summed E-state index contributed by atoms with van der Waals surface area (Å²) < 4.78 is 52.7. The van der Waals surface area contributed by atoms with E-state index < -0.39 is 34.0 Å². The first-order chi connectivity index (χ1) is 28.0. The zero-order valence-corrected chi connectivity index (χ0v) is 35.7. The third-order valence-electron chi connectivity index (χ3n) is 10.3. The molecule has 0 bridgehead atoms. The van der Waals surface area contributed by atoms with Crippen molar-refractivity contribution in [1.29, 1.82) is 0 Å². The van der Waals surface area contributed by atoms with Gasteiger partial charge in [0.15, 0.2) is 17.2 Å². The number of hydrogen-bond donors (Lipinski definition) is 0. The number of benzene rings is 1. The highest BCUT2D eigenvalue weighted by atomic mass is 79.9. The van der Waals surface area contributed by atoms with Gasteiger partial charge in [0.25, 0.3) is 11.1 Å². The minimum atomic E-state index is -2.28. The molecule has 2 aliphatic carbocycles. The molecule has 0 aliphatic heterocycles. The van der Waals surface area contributed by atoms with Gasteiger partial charge in [-0.1, -0.05) is 35.6 Å². The number of rotatable bonds is 20. The Morgan fingerprint density at radius 1 is 0.810 bits per heavy atom. The van der Waals surface area contributed by atoms with Crippen molar-refractivity contribution in [2.45, 2.75) is 114 Å². The average molecular weight is 934 g/mol. The number of carbonyl (C=O) groups is 2. The number of carbonyl (C=O) groups excluding carboxylic acids is 2. The van der Waals surface area contributed by atoms with Crippen molar-refractivity contribution in [2.75, 3.05) is 39.6 Å². The quantitative estimate of drug-likeness (QED) is 0.0919. The van der Waals surface area contributed by atoms with Crippen molar-refractivity contribution in [3.8, 4) is 29.9 Å². The number of terminal acetylenes is 1. The summed E-state index contributed by atoms with van der Waals surface area (Å²) in [6, 6.07) is 7.09. The fraction of sp³-hybridized carbons (Fsp3) is 0.571. The van der Waals surface area contributed by atoms with Crippen molar-refractivity contribution >= 4 is 43.4 Å². The molecule has 16 heteroatoms. The Morgan fingerprint density at radius 3 is 2.10 bits per heavy atom. The largest absolute Gasteiger partial charge is 0.379 e. The van der Waals surface area contributed by atoms with Gasteiger partial charge in [0.1, 0.15) is 21.2 Å². The van der Waals surface area contributed by atoms with Gasteiger partial charge in [0.2, 0.25) is 5.67 Å². The molecule has 5 rings (SSSR count). The van der Waals surface area contributed by atoms with Gasteiger partial charge in [-0.05, 0) is 107 Å². The maximum Gasteiger partial charge on any atom is 0.281 e. The lowest BCUT2D eigenvalue weighted by Gasteiger charge is -2.25. The summed E-state index contributed by atoms with van der Waals surface area (Å²) >= 11 is 6.34. The molecule has 2 atom stereocenters. The van der Waals surface area contributed by atoms with Gasteiger partial charge in [-0.3, -0.25) is 19.2 Å². The van der Waals surface area contributed by atoms with Crippen LogP contribution >= 0.6 is 31.9 Å². The molecule has 0 fully saturated rings. The molecule has 12 nitrogen and oxygen atoms in total. The summed E-state index contributed by atoms with van der Waals surface area (Å²) in [5.74, 6) is 7.17. The maximum absolute atomic E-state index is 16.8. The van der Waals surface area contributed by atoms with Crippen LogP contribution in [0.4, 0.5) is 8.78 Å². The van der Waals surface area contributed by atoms with Crippen LogP contribution in [0.15, 0.2) is 42.8 Å². The minimum Gasteiger partial charge on any atom is -0.379 e. The van der Waals surface area contributed by atoms with Gasteiger partial charge in [0.05, 0.1) is 50.8 Å². The van der Waals surface area contributed by atoms with E-state index in [4.69, 9.17) is 20.6 Å². The number of alkyl halides is 2. The summed E-state index contributed by atoms with van der Waals surface area (Å²) in [4.78, 5) is 51.7. The Balaban J connectivity index is 1.05. The Morgan fingerprint density at radius 2 is 1.43 bits per heavy atom. The molecule has 58 heavy (non-hydrogen) atoms. The van der Waals surface area contributed by atoms with Crippen LogP contribution in [0.25, 0.3) is 5.69 Å². The van der Waals surface area contributed by atoms with Gasteiger partial charge in [0, 0.05) is 32.5 Å². The van der Waals surface area contributed by atoms with Crippen LogP contribution in [0, 0.1) is 24.2 Å². The minimum absolute atomic E-state index is 0.0201. The first-order valence-electron chi connectivity index (χ1n) is 19.8. The monoisotopic (exact) mass is 931 g/mol. The number of fused-ring (bicyclic) bond motifs is 1. The van der Waals surface area contributed by atoms with Crippen LogP contribution in [0.3, 0.4) is 0 Å². The standard InChI is InChI=1S/C42H49Br2F2N5O7/c1-2-23-49-39(54)36(43)37(44)40(55)50(49)30-31-16-18-32(19-17-31)51-33-13-7-6-10-22-42(46,38(33)47-48-51)35(53)15-12-25-57-27-29-58-28-26-56-24-11-14-34(52)41(45)20-8-4-3-5-9-21-41/h1,16-19H,3-4,6-8,10-15,20-30H2. The second kappa shape index (κ2) is 22.0. The normalized spacial score (nSPS) is 19.4. The van der Waals surface area contributed by atoms with Crippen LogP contribution in [0.5, 0.6) is 0 Å². The van der Waals surface area contributed by atoms with E-state index in [2.05, 4.69) is 59.9 Å². The van der Waals surface area contributed by atoms with Crippen molar-refractivity contribution in [3.63, 3.8) is 0 Å². The van der Waals surface area contributed by atoms with Gasteiger partial charge in [-0.15, -0.1) is 17.4 Å². The van der Waals surface area contributed by atoms with E-state index in [-0.39, 0.29) is 66.4 Å². The summed E-state index contributed by atoms with van der Waals surface area (Å²) in [6.45, 7) is 1.83. The number of ether oxygens (including phenoxy) is 3. The van der Waals surface area contributed by atoms with Gasteiger partial charge >= 0.3 is 0 Å².